The predicted molar refractivity (Wildman–Crippen MR) is 138 cm³/mol. The number of benzene rings is 4. The van der Waals surface area contributed by atoms with E-state index in [0.29, 0.717) is 22.7 Å². The van der Waals surface area contributed by atoms with Crippen LogP contribution in [0, 0.1) is 5.82 Å². The van der Waals surface area contributed by atoms with Gasteiger partial charge in [0.05, 0.1) is 5.25 Å². The van der Waals surface area contributed by atoms with E-state index in [4.69, 9.17) is 4.74 Å². The van der Waals surface area contributed by atoms with Gasteiger partial charge >= 0.3 is 0 Å². The van der Waals surface area contributed by atoms with Crippen molar-refractivity contribution in [1.82, 2.24) is 0 Å². The molecule has 0 aliphatic rings. The number of carbonyl (C=O) groups excluding carboxylic acids is 2. The molecule has 7 heteroatoms. The van der Waals surface area contributed by atoms with Gasteiger partial charge in [0.25, 0.3) is 5.91 Å². The maximum Gasteiger partial charge on any atom is 0.255 e. The van der Waals surface area contributed by atoms with Crippen LogP contribution < -0.4 is 15.4 Å². The average Bonchev–Trinajstić information content (AvgIpc) is 2.86. The molecule has 5 nitrogen and oxygen atoms in total. The smallest absolute Gasteiger partial charge is 0.255 e. The minimum atomic E-state index is -0.399. The molecule has 0 saturated carbocycles. The van der Waals surface area contributed by atoms with Crippen molar-refractivity contribution >= 4 is 35.0 Å². The highest BCUT2D eigenvalue weighted by molar-refractivity contribution is 8.00. The zero-order valence-electron chi connectivity index (χ0n) is 18.9. The Bertz CT molecular complexity index is 1300. The Kier molecular flexibility index (Phi) is 7.80. The van der Waals surface area contributed by atoms with Gasteiger partial charge in [0.2, 0.25) is 5.91 Å². The molecule has 0 aliphatic carbocycles. The molecular weight excluding hydrogens is 463 g/mol. The number of ether oxygens (including phenoxy) is 1. The van der Waals surface area contributed by atoms with Gasteiger partial charge in [-0.2, -0.15) is 0 Å². The van der Waals surface area contributed by atoms with Gasteiger partial charge in [-0.25, -0.2) is 4.39 Å². The van der Waals surface area contributed by atoms with E-state index in [0.717, 1.165) is 10.6 Å². The maximum absolute atomic E-state index is 13.1. The lowest BCUT2D eigenvalue weighted by atomic mass is 10.2. The van der Waals surface area contributed by atoms with E-state index in [1.165, 1.54) is 36.0 Å². The molecule has 1 atom stereocenters. The molecule has 176 valence electrons. The highest BCUT2D eigenvalue weighted by Gasteiger charge is 2.15. The summed E-state index contributed by atoms with van der Waals surface area (Å²) in [6.45, 7) is 1.82. The summed E-state index contributed by atoms with van der Waals surface area (Å²) in [6, 6.07) is 29.2. The fraction of sp³-hybridized carbons (Fsp3) is 0.0714. The molecular formula is C28H23FN2O3S. The number of carbonyl (C=O) groups is 2. The van der Waals surface area contributed by atoms with Crippen molar-refractivity contribution in [2.45, 2.75) is 17.1 Å². The van der Waals surface area contributed by atoms with Crippen molar-refractivity contribution in [3.8, 4) is 11.5 Å². The predicted octanol–water partition coefficient (Wildman–Crippen LogP) is 6.99. The van der Waals surface area contributed by atoms with Gasteiger partial charge in [-0.05, 0) is 85.8 Å². The molecule has 0 aromatic heterocycles. The lowest BCUT2D eigenvalue weighted by Crippen LogP contribution is -2.22. The van der Waals surface area contributed by atoms with E-state index in [1.54, 1.807) is 42.5 Å². The van der Waals surface area contributed by atoms with E-state index in [2.05, 4.69) is 10.6 Å². The highest BCUT2D eigenvalue weighted by Crippen LogP contribution is 2.28. The molecule has 2 N–H and O–H groups in total. The zero-order valence-corrected chi connectivity index (χ0v) is 19.7. The Hall–Kier alpha value is -4.10. The van der Waals surface area contributed by atoms with Gasteiger partial charge in [0.1, 0.15) is 17.3 Å². The molecule has 0 heterocycles. The summed E-state index contributed by atoms with van der Waals surface area (Å²) in [7, 11) is 0. The summed E-state index contributed by atoms with van der Waals surface area (Å²) in [4.78, 5) is 25.9. The Balaban J connectivity index is 1.32. The molecule has 4 rings (SSSR count). The number of thioether (sulfide) groups is 1. The first kappa shape index (κ1) is 24.0. The first-order valence-corrected chi connectivity index (χ1v) is 11.8. The number of halogens is 1. The fourth-order valence-electron chi connectivity index (χ4n) is 3.18. The van der Waals surface area contributed by atoms with Crippen LogP contribution in [-0.2, 0) is 4.79 Å². The third-order valence-electron chi connectivity index (χ3n) is 4.98. The number of rotatable bonds is 8. The van der Waals surface area contributed by atoms with Crippen LogP contribution in [0.15, 0.2) is 108 Å². The van der Waals surface area contributed by atoms with Crippen LogP contribution in [0.1, 0.15) is 17.3 Å². The topological polar surface area (TPSA) is 67.4 Å². The van der Waals surface area contributed by atoms with E-state index >= 15 is 0 Å². The van der Waals surface area contributed by atoms with Gasteiger partial charge in [-0.3, -0.25) is 9.59 Å². The van der Waals surface area contributed by atoms with Gasteiger partial charge < -0.3 is 15.4 Å². The monoisotopic (exact) mass is 486 g/mol. The standard InChI is InChI=1S/C28H23FN2O3S/c1-19(27(32)30-22-14-16-25(17-15-22)34-24-7-3-2-4-8-24)35-26-9-5-6-23(18-26)31-28(33)20-10-12-21(29)13-11-20/h2-19H,1H3,(H,30,32)(H,31,33). The van der Waals surface area contributed by atoms with Crippen LogP contribution in [0.3, 0.4) is 0 Å². The first-order valence-electron chi connectivity index (χ1n) is 10.9. The van der Waals surface area contributed by atoms with Crippen molar-refractivity contribution in [3.63, 3.8) is 0 Å². The SMILES string of the molecule is CC(Sc1cccc(NC(=O)c2ccc(F)cc2)c1)C(=O)Nc1ccc(Oc2ccccc2)cc1. The number of hydrogen-bond acceptors (Lipinski definition) is 4. The largest absolute Gasteiger partial charge is 0.457 e. The van der Waals surface area contributed by atoms with Crippen LogP contribution in [0.5, 0.6) is 11.5 Å². The first-order chi connectivity index (χ1) is 17.0. The Morgan fingerprint density at radius 1 is 0.771 bits per heavy atom. The lowest BCUT2D eigenvalue weighted by molar-refractivity contribution is -0.115. The van der Waals surface area contributed by atoms with Crippen LogP contribution >= 0.6 is 11.8 Å². The minimum absolute atomic E-state index is 0.146. The lowest BCUT2D eigenvalue weighted by Gasteiger charge is -2.13. The van der Waals surface area contributed by atoms with Crippen molar-refractivity contribution in [2.24, 2.45) is 0 Å². The summed E-state index contributed by atoms with van der Waals surface area (Å²) in [5.41, 5.74) is 1.62. The second kappa shape index (κ2) is 11.4. The Morgan fingerprint density at radius 2 is 1.46 bits per heavy atom. The van der Waals surface area contributed by atoms with Crippen molar-refractivity contribution in [3.05, 3.63) is 115 Å². The average molecular weight is 487 g/mol. The van der Waals surface area contributed by atoms with Gasteiger partial charge in [-0.1, -0.05) is 24.3 Å². The molecule has 0 spiro atoms. The van der Waals surface area contributed by atoms with E-state index in [9.17, 15) is 14.0 Å². The van der Waals surface area contributed by atoms with Gasteiger partial charge in [0.15, 0.2) is 0 Å². The van der Waals surface area contributed by atoms with Crippen molar-refractivity contribution < 1.29 is 18.7 Å². The Labute approximate surface area is 207 Å². The molecule has 4 aromatic rings. The number of nitrogens with one attached hydrogen (secondary N) is 2. The molecule has 0 fully saturated rings. The molecule has 1 unspecified atom stereocenters. The van der Waals surface area contributed by atoms with Crippen molar-refractivity contribution in [1.29, 1.82) is 0 Å². The van der Waals surface area contributed by atoms with Crippen LogP contribution in [0.4, 0.5) is 15.8 Å². The van der Waals surface area contributed by atoms with Crippen LogP contribution in [0.25, 0.3) is 0 Å². The number of para-hydroxylation sites is 1. The van der Waals surface area contributed by atoms with Crippen LogP contribution in [-0.4, -0.2) is 17.1 Å². The second-order valence-electron chi connectivity index (χ2n) is 7.68. The second-order valence-corrected chi connectivity index (χ2v) is 9.09. The maximum atomic E-state index is 13.1. The van der Waals surface area contributed by atoms with Gasteiger partial charge in [-0.15, -0.1) is 11.8 Å². The molecule has 0 bridgehead atoms. The summed E-state index contributed by atoms with van der Waals surface area (Å²) in [5.74, 6) is 0.537. The van der Waals surface area contributed by atoms with Crippen molar-refractivity contribution in [2.75, 3.05) is 10.6 Å². The van der Waals surface area contributed by atoms with Crippen LogP contribution in [0.2, 0.25) is 0 Å². The number of amides is 2. The molecule has 0 aliphatic heterocycles. The van der Waals surface area contributed by atoms with E-state index in [1.807, 2.05) is 43.3 Å². The molecule has 4 aromatic carbocycles. The Morgan fingerprint density at radius 3 is 2.17 bits per heavy atom. The molecule has 2 amide bonds. The zero-order chi connectivity index (χ0) is 24.6. The molecule has 35 heavy (non-hydrogen) atoms. The number of anilines is 2. The van der Waals surface area contributed by atoms with E-state index in [-0.39, 0.29) is 17.1 Å². The fourth-order valence-corrected chi connectivity index (χ4v) is 4.11. The van der Waals surface area contributed by atoms with E-state index < -0.39 is 5.82 Å². The molecule has 0 saturated heterocycles. The third-order valence-corrected chi connectivity index (χ3v) is 6.07. The third kappa shape index (κ3) is 6.94. The summed E-state index contributed by atoms with van der Waals surface area (Å²) in [6.07, 6.45) is 0. The number of hydrogen-bond donors (Lipinski definition) is 2. The van der Waals surface area contributed by atoms with Gasteiger partial charge in [0, 0.05) is 21.8 Å². The highest BCUT2D eigenvalue weighted by atomic mass is 32.2. The minimum Gasteiger partial charge on any atom is -0.457 e. The normalized spacial score (nSPS) is 11.4. The summed E-state index contributed by atoms with van der Waals surface area (Å²) < 4.78 is 18.9. The summed E-state index contributed by atoms with van der Waals surface area (Å²) in [5, 5.41) is 5.33. The molecule has 0 radical (unpaired) electrons. The summed E-state index contributed by atoms with van der Waals surface area (Å²) >= 11 is 1.38. The quantitative estimate of drug-likeness (QED) is 0.263.